The van der Waals surface area contributed by atoms with Crippen LogP contribution in [0.3, 0.4) is 0 Å². The van der Waals surface area contributed by atoms with Gasteiger partial charge in [0.25, 0.3) is 5.91 Å². The van der Waals surface area contributed by atoms with Crippen LogP contribution in [0.4, 0.5) is 0 Å². The smallest absolute Gasteiger partial charge is 0.260 e. The van der Waals surface area contributed by atoms with E-state index in [9.17, 15) is 4.79 Å². The van der Waals surface area contributed by atoms with Crippen molar-refractivity contribution in [1.29, 1.82) is 0 Å². The summed E-state index contributed by atoms with van der Waals surface area (Å²) in [6, 6.07) is 4.99. The van der Waals surface area contributed by atoms with E-state index in [4.69, 9.17) is 34.3 Å². The van der Waals surface area contributed by atoms with Gasteiger partial charge in [0.05, 0.1) is 5.02 Å². The largest absolute Gasteiger partial charge is 0.479 e. The number of benzene rings is 1. The molecule has 0 saturated heterocycles. The van der Waals surface area contributed by atoms with Crippen LogP contribution in [-0.2, 0) is 4.79 Å². The maximum atomic E-state index is 11.8. The third-order valence-electron chi connectivity index (χ3n) is 2.57. The zero-order valence-electron chi connectivity index (χ0n) is 11.8. The summed E-state index contributed by atoms with van der Waals surface area (Å²) in [4.78, 5) is 12.1. The molecule has 110 valence electrons. The second-order valence-electron chi connectivity index (χ2n) is 4.91. The van der Waals surface area contributed by atoms with Gasteiger partial charge in [-0.25, -0.2) is 0 Å². The Bertz CT molecular complexity index is 506. The van der Waals surface area contributed by atoms with Crippen LogP contribution in [0.25, 0.3) is 0 Å². The van der Waals surface area contributed by atoms with Gasteiger partial charge in [0.2, 0.25) is 0 Å². The highest BCUT2D eigenvalue weighted by atomic mass is 35.5. The summed E-state index contributed by atoms with van der Waals surface area (Å²) in [5.41, 5.74) is 6.18. The van der Waals surface area contributed by atoms with Crippen LogP contribution in [0, 0.1) is 5.92 Å². The van der Waals surface area contributed by atoms with Crippen molar-refractivity contribution in [2.45, 2.75) is 26.9 Å². The van der Waals surface area contributed by atoms with Gasteiger partial charge in [-0.05, 0) is 31.0 Å². The third kappa shape index (κ3) is 4.98. The van der Waals surface area contributed by atoms with Gasteiger partial charge in [-0.15, -0.1) is 0 Å². The van der Waals surface area contributed by atoms with E-state index >= 15 is 0 Å². The van der Waals surface area contributed by atoms with E-state index in [-0.39, 0.29) is 10.9 Å². The molecule has 20 heavy (non-hydrogen) atoms. The number of nitrogens with two attached hydrogens (primary N) is 1. The van der Waals surface area contributed by atoms with Crippen LogP contribution in [0.15, 0.2) is 18.2 Å². The molecule has 4 nitrogen and oxygen atoms in total. The SMILES string of the molecule is CC(C)CNC(=O)C(C)Oc1ccc(C(N)=S)cc1Cl. The first-order valence-electron chi connectivity index (χ1n) is 6.35. The van der Waals surface area contributed by atoms with Crippen molar-refractivity contribution in [2.75, 3.05) is 6.54 Å². The number of carbonyl (C=O) groups is 1. The number of thiocarbonyl (C=S) groups is 1. The van der Waals surface area contributed by atoms with E-state index in [1.807, 2.05) is 13.8 Å². The van der Waals surface area contributed by atoms with E-state index in [1.54, 1.807) is 25.1 Å². The van der Waals surface area contributed by atoms with Gasteiger partial charge in [0, 0.05) is 12.1 Å². The number of halogens is 1. The molecular formula is C14H19ClN2O2S. The molecule has 0 spiro atoms. The van der Waals surface area contributed by atoms with Crippen molar-refractivity contribution in [1.82, 2.24) is 5.32 Å². The van der Waals surface area contributed by atoms with Gasteiger partial charge >= 0.3 is 0 Å². The second-order valence-corrected chi connectivity index (χ2v) is 5.76. The minimum atomic E-state index is -0.623. The molecule has 0 aromatic heterocycles. The Labute approximate surface area is 129 Å². The molecule has 0 saturated carbocycles. The monoisotopic (exact) mass is 314 g/mol. The van der Waals surface area contributed by atoms with Gasteiger partial charge < -0.3 is 15.8 Å². The highest BCUT2D eigenvalue weighted by Gasteiger charge is 2.16. The van der Waals surface area contributed by atoms with Crippen molar-refractivity contribution < 1.29 is 9.53 Å². The lowest BCUT2D eigenvalue weighted by Gasteiger charge is -2.16. The molecule has 1 aromatic rings. The molecule has 0 aliphatic heterocycles. The molecule has 1 atom stereocenters. The highest BCUT2D eigenvalue weighted by molar-refractivity contribution is 7.80. The Hall–Kier alpha value is -1.33. The lowest BCUT2D eigenvalue weighted by atomic mass is 10.2. The third-order valence-corrected chi connectivity index (χ3v) is 3.10. The fraction of sp³-hybridized carbons (Fsp3) is 0.429. The number of amides is 1. The fourth-order valence-electron chi connectivity index (χ4n) is 1.44. The summed E-state index contributed by atoms with van der Waals surface area (Å²) < 4.78 is 5.55. The Morgan fingerprint density at radius 1 is 1.45 bits per heavy atom. The van der Waals surface area contributed by atoms with Crippen molar-refractivity contribution in [3.8, 4) is 5.75 Å². The Morgan fingerprint density at radius 3 is 2.60 bits per heavy atom. The summed E-state index contributed by atoms with van der Waals surface area (Å²) in [6.07, 6.45) is -0.623. The van der Waals surface area contributed by atoms with Crippen molar-refractivity contribution in [3.05, 3.63) is 28.8 Å². The molecule has 0 heterocycles. The van der Waals surface area contributed by atoms with Crippen molar-refractivity contribution in [3.63, 3.8) is 0 Å². The predicted octanol–water partition coefficient (Wildman–Crippen LogP) is 2.51. The molecule has 0 radical (unpaired) electrons. The summed E-state index contributed by atoms with van der Waals surface area (Å²) in [7, 11) is 0. The molecular weight excluding hydrogens is 296 g/mol. The van der Waals surface area contributed by atoms with Gasteiger partial charge in [0.1, 0.15) is 10.7 Å². The summed E-state index contributed by atoms with van der Waals surface area (Å²) in [5, 5.41) is 3.18. The number of rotatable bonds is 6. The molecule has 1 rings (SSSR count). The predicted molar refractivity (Wildman–Crippen MR) is 85.3 cm³/mol. The first-order valence-corrected chi connectivity index (χ1v) is 7.13. The summed E-state index contributed by atoms with van der Waals surface area (Å²) in [6.45, 7) is 6.34. The maximum absolute atomic E-state index is 11.8. The Morgan fingerprint density at radius 2 is 2.10 bits per heavy atom. The minimum absolute atomic E-state index is 0.173. The fourth-order valence-corrected chi connectivity index (χ4v) is 1.79. The maximum Gasteiger partial charge on any atom is 0.260 e. The van der Waals surface area contributed by atoms with Gasteiger partial charge in [-0.1, -0.05) is 37.7 Å². The molecule has 0 fully saturated rings. The molecule has 3 N–H and O–H groups in total. The number of ether oxygens (including phenoxy) is 1. The van der Waals surface area contributed by atoms with Gasteiger partial charge in [-0.3, -0.25) is 4.79 Å². The van der Waals surface area contributed by atoms with E-state index < -0.39 is 6.10 Å². The first-order chi connectivity index (χ1) is 9.31. The molecule has 0 aliphatic carbocycles. The van der Waals surface area contributed by atoms with Crippen LogP contribution in [0.5, 0.6) is 5.75 Å². The van der Waals surface area contributed by atoms with Gasteiger partial charge in [0.15, 0.2) is 6.10 Å². The highest BCUT2D eigenvalue weighted by Crippen LogP contribution is 2.26. The van der Waals surface area contributed by atoms with Crippen LogP contribution in [-0.4, -0.2) is 23.5 Å². The Balaban J connectivity index is 2.68. The minimum Gasteiger partial charge on any atom is -0.479 e. The lowest BCUT2D eigenvalue weighted by Crippen LogP contribution is -2.38. The average molecular weight is 315 g/mol. The molecule has 6 heteroatoms. The lowest BCUT2D eigenvalue weighted by molar-refractivity contribution is -0.127. The molecule has 1 amide bonds. The topological polar surface area (TPSA) is 64.3 Å². The molecule has 0 bridgehead atoms. The first kappa shape index (κ1) is 16.7. The van der Waals surface area contributed by atoms with Crippen LogP contribution in [0.2, 0.25) is 5.02 Å². The van der Waals surface area contributed by atoms with Crippen LogP contribution in [0.1, 0.15) is 26.3 Å². The van der Waals surface area contributed by atoms with Crippen LogP contribution >= 0.6 is 23.8 Å². The Kier molecular flexibility index (Phi) is 6.23. The van der Waals surface area contributed by atoms with Gasteiger partial charge in [-0.2, -0.15) is 0 Å². The second kappa shape index (κ2) is 7.45. The normalized spacial score (nSPS) is 12.1. The van der Waals surface area contributed by atoms with Crippen molar-refractivity contribution >= 4 is 34.7 Å². The molecule has 1 unspecified atom stereocenters. The number of carbonyl (C=O) groups excluding carboxylic acids is 1. The number of nitrogens with one attached hydrogen (secondary N) is 1. The summed E-state index contributed by atoms with van der Waals surface area (Å²) in [5.74, 6) is 0.645. The zero-order valence-corrected chi connectivity index (χ0v) is 13.3. The summed E-state index contributed by atoms with van der Waals surface area (Å²) >= 11 is 10.9. The van der Waals surface area contributed by atoms with E-state index in [1.165, 1.54) is 0 Å². The quantitative estimate of drug-likeness (QED) is 0.792. The number of hydrogen-bond acceptors (Lipinski definition) is 3. The van der Waals surface area contributed by atoms with E-state index in [2.05, 4.69) is 5.32 Å². The van der Waals surface area contributed by atoms with Crippen LogP contribution < -0.4 is 15.8 Å². The molecule has 0 aliphatic rings. The van der Waals surface area contributed by atoms with Crippen molar-refractivity contribution in [2.24, 2.45) is 11.7 Å². The molecule has 1 aromatic carbocycles. The standard InChI is InChI=1S/C14H19ClN2O2S/c1-8(2)7-17-14(18)9(3)19-12-5-4-10(13(16)20)6-11(12)15/h4-6,8-9H,7H2,1-3H3,(H2,16,20)(H,17,18). The van der Waals surface area contributed by atoms with E-state index in [0.717, 1.165) is 0 Å². The zero-order chi connectivity index (χ0) is 15.3. The number of hydrogen-bond donors (Lipinski definition) is 2. The van der Waals surface area contributed by atoms with E-state index in [0.29, 0.717) is 28.8 Å². The average Bonchev–Trinajstić information content (AvgIpc) is 2.37.